The van der Waals surface area contributed by atoms with Gasteiger partial charge in [-0.25, -0.2) is 9.97 Å². The molecule has 4 aromatic rings. The molecular formula is C30H33N5O3. The van der Waals surface area contributed by atoms with E-state index < -0.39 is 0 Å². The first-order valence-electron chi connectivity index (χ1n) is 13.5. The SMILES string of the molecule is CC(=O)c1ccc(COc2cccc(C3CCN(Cc4nc5ccccc5n4C[C@@H]4CCO4)CC3)n2)nc1. The predicted octanol–water partition coefficient (Wildman–Crippen LogP) is 4.78. The third-order valence-corrected chi connectivity index (χ3v) is 7.63. The van der Waals surface area contributed by atoms with Gasteiger partial charge in [0.05, 0.1) is 35.9 Å². The first kappa shape index (κ1) is 24.7. The lowest BCUT2D eigenvalue weighted by molar-refractivity contribution is -0.0592. The molecule has 3 aromatic heterocycles. The fourth-order valence-electron chi connectivity index (χ4n) is 5.27. The molecule has 8 heteroatoms. The minimum absolute atomic E-state index is 0.00676. The molecule has 1 aromatic carbocycles. The summed E-state index contributed by atoms with van der Waals surface area (Å²) in [5.41, 5.74) is 4.70. The Hall–Kier alpha value is -3.62. The van der Waals surface area contributed by atoms with Gasteiger partial charge in [0.15, 0.2) is 5.78 Å². The van der Waals surface area contributed by atoms with Crippen molar-refractivity contribution in [2.45, 2.75) is 57.9 Å². The molecule has 0 saturated carbocycles. The summed E-state index contributed by atoms with van der Waals surface area (Å²) in [6, 6.07) is 18.0. The minimum atomic E-state index is 0.00676. The van der Waals surface area contributed by atoms with Crippen molar-refractivity contribution in [2.75, 3.05) is 19.7 Å². The highest BCUT2D eigenvalue weighted by molar-refractivity contribution is 5.93. The van der Waals surface area contributed by atoms with Crippen LogP contribution in [0.15, 0.2) is 60.8 Å². The molecular weight excluding hydrogens is 478 g/mol. The van der Waals surface area contributed by atoms with Crippen LogP contribution < -0.4 is 4.74 Å². The zero-order chi connectivity index (χ0) is 25.9. The molecule has 6 rings (SSSR count). The van der Waals surface area contributed by atoms with E-state index in [4.69, 9.17) is 19.4 Å². The van der Waals surface area contributed by atoms with Crippen LogP contribution in [0.3, 0.4) is 0 Å². The van der Waals surface area contributed by atoms with Crippen LogP contribution in [0.4, 0.5) is 0 Å². The van der Waals surface area contributed by atoms with Gasteiger partial charge in [-0.2, -0.15) is 0 Å². The Labute approximate surface area is 222 Å². The Morgan fingerprint density at radius 2 is 1.87 bits per heavy atom. The summed E-state index contributed by atoms with van der Waals surface area (Å²) < 4.78 is 14.0. The lowest BCUT2D eigenvalue weighted by atomic mass is 9.93. The number of ketones is 1. The smallest absolute Gasteiger partial charge is 0.213 e. The number of hydrogen-bond donors (Lipinski definition) is 0. The number of imidazole rings is 1. The largest absolute Gasteiger partial charge is 0.471 e. The van der Waals surface area contributed by atoms with Crippen molar-refractivity contribution in [2.24, 2.45) is 0 Å². The third kappa shape index (κ3) is 5.47. The van der Waals surface area contributed by atoms with Gasteiger partial charge in [0, 0.05) is 36.0 Å². The van der Waals surface area contributed by atoms with Crippen LogP contribution in [0.25, 0.3) is 11.0 Å². The second-order valence-electron chi connectivity index (χ2n) is 10.2. The van der Waals surface area contributed by atoms with Gasteiger partial charge in [0.1, 0.15) is 12.4 Å². The lowest BCUT2D eigenvalue weighted by Crippen LogP contribution is -2.35. The van der Waals surface area contributed by atoms with Crippen molar-refractivity contribution in [3.05, 3.63) is 83.6 Å². The number of benzene rings is 1. The molecule has 0 unspecified atom stereocenters. The summed E-state index contributed by atoms with van der Waals surface area (Å²) in [5.74, 6) is 2.14. The van der Waals surface area contributed by atoms with E-state index in [2.05, 4.69) is 44.8 Å². The van der Waals surface area contributed by atoms with Crippen LogP contribution in [0, 0.1) is 0 Å². The second kappa shape index (κ2) is 11.0. The number of nitrogens with zero attached hydrogens (tertiary/aromatic N) is 5. The minimum Gasteiger partial charge on any atom is -0.471 e. The van der Waals surface area contributed by atoms with Crippen molar-refractivity contribution >= 4 is 16.8 Å². The molecule has 0 amide bonds. The summed E-state index contributed by atoms with van der Waals surface area (Å²) >= 11 is 0. The Balaban J connectivity index is 1.06. The van der Waals surface area contributed by atoms with E-state index in [1.54, 1.807) is 12.3 Å². The summed E-state index contributed by atoms with van der Waals surface area (Å²) in [6.07, 6.45) is 5.12. The molecule has 0 N–H and O–H groups in total. The monoisotopic (exact) mass is 511 g/mol. The van der Waals surface area contributed by atoms with E-state index in [9.17, 15) is 4.79 Å². The number of pyridine rings is 2. The predicted molar refractivity (Wildman–Crippen MR) is 144 cm³/mol. The van der Waals surface area contributed by atoms with Gasteiger partial charge >= 0.3 is 0 Å². The maximum Gasteiger partial charge on any atom is 0.213 e. The topological polar surface area (TPSA) is 82.4 Å². The Kier molecular flexibility index (Phi) is 7.16. The van der Waals surface area contributed by atoms with Crippen LogP contribution in [0.1, 0.15) is 59.7 Å². The molecule has 2 aliphatic heterocycles. The molecule has 2 fully saturated rings. The van der Waals surface area contributed by atoms with Crippen molar-refractivity contribution < 1.29 is 14.3 Å². The maximum absolute atomic E-state index is 11.4. The van der Waals surface area contributed by atoms with Crippen molar-refractivity contribution in [1.82, 2.24) is 24.4 Å². The van der Waals surface area contributed by atoms with Gasteiger partial charge in [0.2, 0.25) is 5.88 Å². The summed E-state index contributed by atoms with van der Waals surface area (Å²) in [6.45, 7) is 6.46. The van der Waals surface area contributed by atoms with Crippen molar-refractivity contribution in [1.29, 1.82) is 0 Å². The fraction of sp³-hybridized carbons (Fsp3) is 0.400. The average molecular weight is 512 g/mol. The Morgan fingerprint density at radius 3 is 2.61 bits per heavy atom. The van der Waals surface area contributed by atoms with E-state index in [1.807, 2.05) is 18.2 Å². The summed E-state index contributed by atoms with van der Waals surface area (Å²) in [7, 11) is 0. The number of hydrogen-bond acceptors (Lipinski definition) is 7. The van der Waals surface area contributed by atoms with Gasteiger partial charge in [0.25, 0.3) is 0 Å². The van der Waals surface area contributed by atoms with E-state index >= 15 is 0 Å². The number of piperidine rings is 1. The Morgan fingerprint density at radius 1 is 1.03 bits per heavy atom. The molecule has 0 aliphatic carbocycles. The van der Waals surface area contributed by atoms with Gasteiger partial charge in [-0.05, 0) is 69.6 Å². The molecule has 2 saturated heterocycles. The molecule has 38 heavy (non-hydrogen) atoms. The highest BCUT2D eigenvalue weighted by Crippen LogP contribution is 2.29. The van der Waals surface area contributed by atoms with Crippen LogP contribution in [0.5, 0.6) is 5.88 Å². The second-order valence-corrected chi connectivity index (χ2v) is 10.2. The molecule has 0 radical (unpaired) electrons. The van der Waals surface area contributed by atoms with E-state index in [1.165, 1.54) is 12.4 Å². The number of Topliss-reactive ketones (excluding diaryl/α,β-unsaturated/α-hetero) is 1. The standard InChI is InChI=1S/C30H33N5O3/c1-21(36)23-9-10-24(31-17-23)20-38-30-8-4-6-26(33-30)22-11-14-34(15-12-22)19-29-32-27-5-2-3-7-28(27)35(29)18-25-13-16-37-25/h2-10,17,22,25H,11-16,18-20H2,1H3/t25-/m0/s1. The number of carbonyl (C=O) groups excluding carboxylic acids is 1. The molecule has 1 atom stereocenters. The number of rotatable bonds is 9. The van der Waals surface area contributed by atoms with E-state index in [-0.39, 0.29) is 5.78 Å². The summed E-state index contributed by atoms with van der Waals surface area (Å²) in [5, 5.41) is 0. The normalized spacial score (nSPS) is 18.4. The molecule has 0 spiro atoms. The van der Waals surface area contributed by atoms with Crippen LogP contribution >= 0.6 is 0 Å². The van der Waals surface area contributed by atoms with Gasteiger partial charge in [-0.1, -0.05) is 18.2 Å². The Bertz CT molecular complexity index is 1410. The van der Waals surface area contributed by atoms with Gasteiger partial charge < -0.3 is 14.0 Å². The maximum atomic E-state index is 11.4. The van der Waals surface area contributed by atoms with Crippen LogP contribution in [0.2, 0.25) is 0 Å². The number of aromatic nitrogens is 4. The average Bonchev–Trinajstić information content (AvgIpc) is 3.27. The third-order valence-electron chi connectivity index (χ3n) is 7.63. The highest BCUT2D eigenvalue weighted by atomic mass is 16.5. The first-order chi connectivity index (χ1) is 18.6. The zero-order valence-corrected chi connectivity index (χ0v) is 21.8. The number of ether oxygens (including phenoxy) is 2. The number of carbonyl (C=O) groups is 1. The number of likely N-dealkylation sites (tertiary alicyclic amines) is 1. The molecule has 5 heterocycles. The van der Waals surface area contributed by atoms with Gasteiger partial charge in [-0.15, -0.1) is 0 Å². The fourth-order valence-corrected chi connectivity index (χ4v) is 5.27. The van der Waals surface area contributed by atoms with Crippen molar-refractivity contribution in [3.8, 4) is 5.88 Å². The quantitative estimate of drug-likeness (QED) is 0.299. The number of para-hydroxylation sites is 2. The van der Waals surface area contributed by atoms with Crippen LogP contribution in [-0.2, 0) is 24.4 Å². The summed E-state index contributed by atoms with van der Waals surface area (Å²) in [4.78, 5) is 28.1. The molecule has 0 bridgehead atoms. The molecule has 2 aliphatic rings. The molecule has 8 nitrogen and oxygen atoms in total. The van der Waals surface area contributed by atoms with E-state index in [0.717, 1.165) is 74.8 Å². The van der Waals surface area contributed by atoms with E-state index in [0.29, 0.717) is 30.1 Å². The lowest BCUT2D eigenvalue weighted by Gasteiger charge is -2.32. The number of fused-ring (bicyclic) bond motifs is 1. The molecule has 196 valence electrons. The first-order valence-corrected chi connectivity index (χ1v) is 13.5. The highest BCUT2D eigenvalue weighted by Gasteiger charge is 2.25. The van der Waals surface area contributed by atoms with Crippen LogP contribution in [-0.4, -0.2) is 56.0 Å². The zero-order valence-electron chi connectivity index (χ0n) is 21.8. The van der Waals surface area contributed by atoms with Gasteiger partial charge in [-0.3, -0.25) is 14.7 Å². The van der Waals surface area contributed by atoms with Crippen molar-refractivity contribution in [3.63, 3.8) is 0 Å².